The molecule has 0 aromatic heterocycles. The third-order valence-electron chi connectivity index (χ3n) is 2.64. The largest absolute Gasteiger partial charge is 0.401 e. The van der Waals surface area contributed by atoms with E-state index in [4.69, 9.17) is 0 Å². The summed E-state index contributed by atoms with van der Waals surface area (Å²) < 4.78 is 37.4. The van der Waals surface area contributed by atoms with Crippen LogP contribution in [0.25, 0.3) is 0 Å². The minimum Gasteiger partial charge on any atom is -0.313 e. The third kappa shape index (κ3) is 8.44. The van der Waals surface area contributed by atoms with E-state index in [9.17, 15) is 13.2 Å². The average Bonchev–Trinajstić information content (AvgIpc) is 2.16. The van der Waals surface area contributed by atoms with Gasteiger partial charge in [-0.25, -0.2) is 0 Å². The molecule has 2 nitrogen and oxygen atoms in total. The van der Waals surface area contributed by atoms with Crippen molar-refractivity contribution < 1.29 is 13.2 Å². The van der Waals surface area contributed by atoms with Crippen molar-refractivity contribution in [3.63, 3.8) is 0 Å². The van der Waals surface area contributed by atoms with E-state index in [0.29, 0.717) is 19.1 Å². The average molecular weight is 254 g/mol. The summed E-state index contributed by atoms with van der Waals surface area (Å²) in [5, 5.41) is 3.21. The summed E-state index contributed by atoms with van der Waals surface area (Å²) in [6.07, 6.45) is -2.63. The second-order valence-corrected chi connectivity index (χ2v) is 4.71. The van der Waals surface area contributed by atoms with Crippen LogP contribution in [0, 0.1) is 0 Å². The van der Waals surface area contributed by atoms with E-state index >= 15 is 0 Å². The summed E-state index contributed by atoms with van der Waals surface area (Å²) in [7, 11) is 0. The zero-order chi connectivity index (χ0) is 13.5. The minimum absolute atomic E-state index is 0.0426. The summed E-state index contributed by atoms with van der Waals surface area (Å²) in [5.74, 6) is 0. The summed E-state index contributed by atoms with van der Waals surface area (Å²) in [4.78, 5) is 1.54. The fraction of sp³-hybridized carbons (Fsp3) is 1.00. The number of nitrogens with zero attached hydrogens (tertiary/aromatic N) is 1. The van der Waals surface area contributed by atoms with E-state index in [0.717, 1.165) is 12.8 Å². The quantitative estimate of drug-likeness (QED) is 0.716. The van der Waals surface area contributed by atoms with Crippen molar-refractivity contribution in [2.75, 3.05) is 19.6 Å². The van der Waals surface area contributed by atoms with Crippen LogP contribution in [0.1, 0.15) is 40.5 Å². The predicted octanol–water partition coefficient (Wildman–Crippen LogP) is 3.04. The molecule has 0 saturated carbocycles. The highest BCUT2D eigenvalue weighted by atomic mass is 19.4. The van der Waals surface area contributed by atoms with Crippen LogP contribution in [-0.2, 0) is 0 Å². The number of hydrogen-bond donors (Lipinski definition) is 1. The molecule has 0 aliphatic heterocycles. The van der Waals surface area contributed by atoms with E-state index in [1.165, 1.54) is 4.90 Å². The molecule has 0 heterocycles. The fourth-order valence-corrected chi connectivity index (χ4v) is 1.81. The molecule has 17 heavy (non-hydrogen) atoms. The number of rotatable bonds is 8. The number of halogens is 3. The summed E-state index contributed by atoms with van der Waals surface area (Å²) in [6, 6.07) is 0.261. The number of nitrogens with one attached hydrogen (secondary N) is 1. The highest BCUT2D eigenvalue weighted by Crippen LogP contribution is 2.19. The van der Waals surface area contributed by atoms with Crippen LogP contribution in [0.15, 0.2) is 0 Å². The maximum absolute atomic E-state index is 12.5. The van der Waals surface area contributed by atoms with Crippen molar-refractivity contribution in [3.05, 3.63) is 0 Å². The molecule has 0 aliphatic rings. The summed E-state index contributed by atoms with van der Waals surface area (Å²) in [6.45, 7) is 8.15. The molecule has 0 fully saturated rings. The van der Waals surface area contributed by atoms with Crippen LogP contribution in [0.5, 0.6) is 0 Å². The molecule has 0 saturated heterocycles. The highest BCUT2D eigenvalue weighted by molar-refractivity contribution is 4.76. The van der Waals surface area contributed by atoms with Gasteiger partial charge >= 0.3 is 6.18 Å². The molecular weight excluding hydrogens is 229 g/mol. The minimum atomic E-state index is -4.11. The smallest absolute Gasteiger partial charge is 0.313 e. The molecule has 0 bridgehead atoms. The molecule has 1 atom stereocenters. The SMILES string of the molecule is CCCN(CC(F)(F)F)C(CC)CNC(C)C. The predicted molar refractivity (Wildman–Crippen MR) is 65.1 cm³/mol. The molecule has 1 N–H and O–H groups in total. The van der Waals surface area contributed by atoms with Gasteiger partial charge in [-0.1, -0.05) is 27.7 Å². The van der Waals surface area contributed by atoms with E-state index in [2.05, 4.69) is 5.32 Å². The second-order valence-electron chi connectivity index (χ2n) is 4.71. The van der Waals surface area contributed by atoms with Crippen LogP contribution < -0.4 is 5.32 Å². The maximum Gasteiger partial charge on any atom is 0.401 e. The molecule has 0 aromatic carbocycles. The van der Waals surface area contributed by atoms with Gasteiger partial charge in [0.15, 0.2) is 0 Å². The topological polar surface area (TPSA) is 15.3 Å². The van der Waals surface area contributed by atoms with Crippen LogP contribution in [0.2, 0.25) is 0 Å². The molecule has 5 heteroatoms. The van der Waals surface area contributed by atoms with Gasteiger partial charge in [0.05, 0.1) is 6.54 Å². The Labute approximate surface area is 103 Å². The molecule has 0 aromatic rings. The molecular formula is C12H25F3N2. The van der Waals surface area contributed by atoms with Gasteiger partial charge in [-0.05, 0) is 19.4 Å². The highest BCUT2D eigenvalue weighted by Gasteiger charge is 2.32. The van der Waals surface area contributed by atoms with Crippen molar-refractivity contribution >= 4 is 0 Å². The Morgan fingerprint density at radius 2 is 1.76 bits per heavy atom. The van der Waals surface area contributed by atoms with E-state index in [1.54, 1.807) is 0 Å². The first kappa shape index (κ1) is 16.7. The van der Waals surface area contributed by atoms with E-state index in [1.807, 2.05) is 27.7 Å². The van der Waals surface area contributed by atoms with Gasteiger partial charge in [0.25, 0.3) is 0 Å². The number of hydrogen-bond acceptors (Lipinski definition) is 2. The zero-order valence-corrected chi connectivity index (χ0v) is 11.3. The van der Waals surface area contributed by atoms with Crippen LogP contribution in [0.3, 0.4) is 0 Å². The van der Waals surface area contributed by atoms with Gasteiger partial charge in [0, 0.05) is 18.6 Å². The van der Waals surface area contributed by atoms with Gasteiger partial charge in [0.2, 0.25) is 0 Å². The van der Waals surface area contributed by atoms with Crippen molar-refractivity contribution in [2.24, 2.45) is 0 Å². The Kier molecular flexibility index (Phi) is 7.79. The standard InChI is InChI=1S/C12H25F3N2/c1-5-7-17(9-12(13,14)15)11(6-2)8-16-10(3)4/h10-11,16H,5-9H2,1-4H3. The monoisotopic (exact) mass is 254 g/mol. The van der Waals surface area contributed by atoms with Gasteiger partial charge in [-0.15, -0.1) is 0 Å². The lowest BCUT2D eigenvalue weighted by Gasteiger charge is -2.32. The lowest BCUT2D eigenvalue weighted by atomic mass is 10.1. The molecule has 0 radical (unpaired) electrons. The Bertz CT molecular complexity index is 193. The molecule has 104 valence electrons. The first-order valence-corrected chi connectivity index (χ1v) is 6.34. The summed E-state index contributed by atoms with van der Waals surface area (Å²) >= 11 is 0. The first-order chi connectivity index (χ1) is 7.80. The first-order valence-electron chi connectivity index (χ1n) is 6.34. The van der Waals surface area contributed by atoms with Crippen LogP contribution in [0.4, 0.5) is 13.2 Å². The lowest BCUT2D eigenvalue weighted by Crippen LogP contribution is -2.47. The normalized spacial score (nSPS) is 14.6. The Morgan fingerprint density at radius 1 is 1.18 bits per heavy atom. The molecule has 1 unspecified atom stereocenters. The van der Waals surface area contributed by atoms with Crippen molar-refractivity contribution in [1.29, 1.82) is 0 Å². The van der Waals surface area contributed by atoms with E-state index < -0.39 is 12.7 Å². The van der Waals surface area contributed by atoms with Gasteiger partial charge in [0.1, 0.15) is 0 Å². The van der Waals surface area contributed by atoms with Crippen molar-refractivity contribution in [3.8, 4) is 0 Å². The Hall–Kier alpha value is -0.290. The Balaban J connectivity index is 4.40. The molecule has 0 spiro atoms. The lowest BCUT2D eigenvalue weighted by molar-refractivity contribution is -0.151. The van der Waals surface area contributed by atoms with Gasteiger partial charge in [-0.2, -0.15) is 13.2 Å². The van der Waals surface area contributed by atoms with Crippen molar-refractivity contribution in [2.45, 2.75) is 58.8 Å². The maximum atomic E-state index is 12.5. The third-order valence-corrected chi connectivity index (χ3v) is 2.64. The Morgan fingerprint density at radius 3 is 2.12 bits per heavy atom. The molecule has 0 amide bonds. The summed E-state index contributed by atoms with van der Waals surface area (Å²) in [5.41, 5.74) is 0. The van der Waals surface area contributed by atoms with Gasteiger partial charge < -0.3 is 5.32 Å². The van der Waals surface area contributed by atoms with E-state index in [-0.39, 0.29) is 6.04 Å². The molecule has 0 aliphatic carbocycles. The van der Waals surface area contributed by atoms with Gasteiger partial charge in [-0.3, -0.25) is 4.90 Å². The second kappa shape index (κ2) is 7.93. The van der Waals surface area contributed by atoms with Crippen molar-refractivity contribution in [1.82, 2.24) is 10.2 Å². The number of alkyl halides is 3. The van der Waals surface area contributed by atoms with Crippen LogP contribution in [-0.4, -0.2) is 42.8 Å². The molecule has 0 rings (SSSR count). The van der Waals surface area contributed by atoms with Crippen LogP contribution >= 0.6 is 0 Å². The zero-order valence-electron chi connectivity index (χ0n) is 11.3. The fourth-order valence-electron chi connectivity index (χ4n) is 1.81.